The summed E-state index contributed by atoms with van der Waals surface area (Å²) in [4.78, 5) is 24.8. The average molecular weight is 420 g/mol. The van der Waals surface area contributed by atoms with Gasteiger partial charge in [0.15, 0.2) is 6.61 Å². The van der Waals surface area contributed by atoms with Gasteiger partial charge in [-0.15, -0.1) is 0 Å². The maximum Gasteiger partial charge on any atom is 0.258 e. The van der Waals surface area contributed by atoms with Crippen molar-refractivity contribution in [1.29, 1.82) is 0 Å². The van der Waals surface area contributed by atoms with Crippen LogP contribution in [0.5, 0.6) is 5.75 Å². The summed E-state index contributed by atoms with van der Waals surface area (Å²) < 4.78 is 28.7. The van der Waals surface area contributed by atoms with Gasteiger partial charge in [0.25, 0.3) is 5.91 Å². The molecule has 2 aromatic rings. The van der Waals surface area contributed by atoms with E-state index in [1.54, 1.807) is 57.2 Å². The number of ether oxygens (including phenoxy) is 1. The number of hydrogen-bond acceptors (Lipinski definition) is 5. The molecule has 0 fully saturated rings. The summed E-state index contributed by atoms with van der Waals surface area (Å²) in [5.41, 5.74) is 0.738. The zero-order valence-corrected chi connectivity index (χ0v) is 17.3. The number of para-hydroxylation sites is 1. The van der Waals surface area contributed by atoms with Gasteiger partial charge in [0.05, 0.1) is 4.90 Å². The molecular weight excluding hydrogens is 394 g/mol. The SMILES string of the molecule is Cc1ccc(NC(=O)[C@@H](NC(=O)COc2ccccc2)C(C)C)cc1S(N)(=O)=O. The van der Waals surface area contributed by atoms with E-state index in [2.05, 4.69) is 10.6 Å². The molecule has 29 heavy (non-hydrogen) atoms. The Morgan fingerprint density at radius 2 is 1.76 bits per heavy atom. The standard InChI is InChI=1S/C20H25N3O5S/c1-13(2)19(23-18(24)12-28-16-7-5-4-6-8-16)20(25)22-15-10-9-14(3)17(11-15)29(21,26)27/h4-11,13,19H,12H2,1-3H3,(H,22,25)(H,23,24)(H2,21,26,27)/t19-/m0/s1. The highest BCUT2D eigenvalue weighted by molar-refractivity contribution is 7.89. The number of amides is 2. The lowest BCUT2D eigenvalue weighted by Gasteiger charge is -2.22. The third-order valence-electron chi connectivity index (χ3n) is 4.14. The minimum Gasteiger partial charge on any atom is -0.484 e. The lowest BCUT2D eigenvalue weighted by Crippen LogP contribution is -2.48. The maximum atomic E-state index is 12.7. The summed E-state index contributed by atoms with van der Waals surface area (Å²) in [5.74, 6) is -0.587. The molecule has 2 aromatic carbocycles. The number of hydrogen-bond donors (Lipinski definition) is 3. The zero-order valence-electron chi connectivity index (χ0n) is 16.5. The van der Waals surface area contributed by atoms with E-state index in [0.29, 0.717) is 11.3 Å². The minimum absolute atomic E-state index is 0.0725. The third kappa shape index (κ3) is 6.58. The van der Waals surface area contributed by atoms with Gasteiger partial charge in [-0.2, -0.15) is 0 Å². The minimum atomic E-state index is -3.92. The number of anilines is 1. The molecule has 2 rings (SSSR count). The first-order chi connectivity index (χ1) is 13.6. The highest BCUT2D eigenvalue weighted by Gasteiger charge is 2.25. The molecule has 0 saturated heterocycles. The lowest BCUT2D eigenvalue weighted by molar-refractivity contribution is -0.128. The highest BCUT2D eigenvalue weighted by Crippen LogP contribution is 2.19. The van der Waals surface area contributed by atoms with Crippen LogP contribution in [0.3, 0.4) is 0 Å². The van der Waals surface area contributed by atoms with E-state index in [4.69, 9.17) is 9.88 Å². The highest BCUT2D eigenvalue weighted by atomic mass is 32.2. The van der Waals surface area contributed by atoms with Crippen LogP contribution in [0.25, 0.3) is 0 Å². The molecule has 0 bridgehead atoms. The molecule has 0 radical (unpaired) electrons. The molecule has 0 spiro atoms. The molecule has 0 aliphatic heterocycles. The first-order valence-corrected chi connectivity index (χ1v) is 10.5. The second kappa shape index (κ2) is 9.53. The van der Waals surface area contributed by atoms with Crippen molar-refractivity contribution < 1.29 is 22.7 Å². The monoisotopic (exact) mass is 419 g/mol. The van der Waals surface area contributed by atoms with Gasteiger partial charge < -0.3 is 15.4 Å². The van der Waals surface area contributed by atoms with Crippen LogP contribution in [0.15, 0.2) is 53.4 Å². The molecule has 9 heteroatoms. The normalized spacial score (nSPS) is 12.3. The van der Waals surface area contributed by atoms with Gasteiger partial charge in [0, 0.05) is 5.69 Å². The molecule has 0 unspecified atom stereocenters. The molecule has 0 aliphatic carbocycles. The number of primary sulfonamides is 1. The zero-order chi connectivity index (χ0) is 21.6. The van der Waals surface area contributed by atoms with Crippen molar-refractivity contribution in [3.8, 4) is 5.75 Å². The Labute approximate surface area is 170 Å². The number of rotatable bonds is 8. The molecule has 2 amide bonds. The van der Waals surface area contributed by atoms with Crippen molar-refractivity contribution >= 4 is 27.5 Å². The van der Waals surface area contributed by atoms with Crippen molar-refractivity contribution in [2.75, 3.05) is 11.9 Å². The first kappa shape index (κ1) is 22.4. The van der Waals surface area contributed by atoms with Crippen LogP contribution in [0, 0.1) is 12.8 Å². The van der Waals surface area contributed by atoms with E-state index >= 15 is 0 Å². The predicted octanol–water partition coefficient (Wildman–Crippen LogP) is 1.80. The number of sulfonamides is 1. The van der Waals surface area contributed by atoms with Crippen molar-refractivity contribution in [1.82, 2.24) is 5.32 Å². The smallest absolute Gasteiger partial charge is 0.258 e. The molecule has 8 nitrogen and oxygen atoms in total. The number of carbonyl (C=O) groups is 2. The quantitative estimate of drug-likeness (QED) is 0.601. The topological polar surface area (TPSA) is 128 Å². The summed E-state index contributed by atoms with van der Waals surface area (Å²) in [7, 11) is -3.92. The van der Waals surface area contributed by atoms with Crippen LogP contribution in [0.4, 0.5) is 5.69 Å². The van der Waals surface area contributed by atoms with Gasteiger partial charge in [-0.25, -0.2) is 13.6 Å². The van der Waals surface area contributed by atoms with Crippen LogP contribution in [0.2, 0.25) is 0 Å². The Kier molecular flexibility index (Phi) is 7.35. The Bertz CT molecular complexity index is 975. The molecule has 0 aromatic heterocycles. The van der Waals surface area contributed by atoms with Crippen LogP contribution in [0.1, 0.15) is 19.4 Å². The second-order valence-corrected chi connectivity index (χ2v) is 8.44. The summed E-state index contributed by atoms with van der Waals surface area (Å²) in [6, 6.07) is 12.4. The van der Waals surface area contributed by atoms with Gasteiger partial charge in [-0.3, -0.25) is 9.59 Å². The fourth-order valence-electron chi connectivity index (χ4n) is 2.62. The Morgan fingerprint density at radius 1 is 1.10 bits per heavy atom. The molecular formula is C20H25N3O5S. The Morgan fingerprint density at radius 3 is 2.34 bits per heavy atom. The number of benzene rings is 2. The van der Waals surface area contributed by atoms with E-state index < -0.39 is 27.9 Å². The average Bonchev–Trinajstić information content (AvgIpc) is 2.65. The van der Waals surface area contributed by atoms with Crippen LogP contribution >= 0.6 is 0 Å². The van der Waals surface area contributed by atoms with Gasteiger partial charge in [-0.05, 0) is 42.7 Å². The van der Waals surface area contributed by atoms with Crippen molar-refractivity contribution in [2.45, 2.75) is 31.7 Å². The summed E-state index contributed by atoms with van der Waals surface area (Å²) in [6.45, 7) is 4.94. The second-order valence-electron chi connectivity index (χ2n) is 6.91. The van der Waals surface area contributed by atoms with Gasteiger partial charge in [0.1, 0.15) is 11.8 Å². The fourth-order valence-corrected chi connectivity index (χ4v) is 3.43. The Hall–Kier alpha value is -2.91. The molecule has 4 N–H and O–H groups in total. The van der Waals surface area contributed by atoms with Gasteiger partial charge in [0.2, 0.25) is 15.9 Å². The van der Waals surface area contributed by atoms with Crippen LogP contribution < -0.4 is 20.5 Å². The Balaban J connectivity index is 2.05. The maximum absolute atomic E-state index is 12.7. The van der Waals surface area contributed by atoms with Gasteiger partial charge in [-0.1, -0.05) is 38.1 Å². The van der Waals surface area contributed by atoms with Gasteiger partial charge >= 0.3 is 0 Å². The van der Waals surface area contributed by atoms with E-state index in [-0.39, 0.29) is 23.1 Å². The molecule has 156 valence electrons. The molecule has 0 aliphatic rings. The fraction of sp³-hybridized carbons (Fsp3) is 0.300. The van der Waals surface area contributed by atoms with E-state index in [1.165, 1.54) is 6.07 Å². The van der Waals surface area contributed by atoms with E-state index in [1.807, 2.05) is 6.07 Å². The first-order valence-electron chi connectivity index (χ1n) is 8.99. The summed E-state index contributed by atoms with van der Waals surface area (Å²) in [5, 5.41) is 10.5. The molecule has 0 saturated carbocycles. The number of nitrogens with two attached hydrogens (primary N) is 1. The molecule has 1 atom stereocenters. The van der Waals surface area contributed by atoms with E-state index in [0.717, 1.165) is 0 Å². The summed E-state index contributed by atoms with van der Waals surface area (Å²) in [6.07, 6.45) is 0. The molecule has 0 heterocycles. The number of aryl methyl sites for hydroxylation is 1. The van der Waals surface area contributed by atoms with Crippen molar-refractivity contribution in [2.24, 2.45) is 11.1 Å². The lowest BCUT2D eigenvalue weighted by atomic mass is 10.0. The van der Waals surface area contributed by atoms with Crippen molar-refractivity contribution in [3.05, 3.63) is 54.1 Å². The predicted molar refractivity (Wildman–Crippen MR) is 110 cm³/mol. The largest absolute Gasteiger partial charge is 0.484 e. The van der Waals surface area contributed by atoms with Crippen molar-refractivity contribution in [3.63, 3.8) is 0 Å². The van der Waals surface area contributed by atoms with Crippen LogP contribution in [-0.4, -0.2) is 32.9 Å². The third-order valence-corrected chi connectivity index (χ3v) is 5.19. The number of nitrogens with one attached hydrogen (secondary N) is 2. The summed E-state index contributed by atoms with van der Waals surface area (Å²) >= 11 is 0. The van der Waals surface area contributed by atoms with E-state index in [9.17, 15) is 18.0 Å². The number of carbonyl (C=O) groups excluding carboxylic acids is 2. The van der Waals surface area contributed by atoms with Crippen LogP contribution in [-0.2, 0) is 19.6 Å².